The van der Waals surface area contributed by atoms with Gasteiger partial charge in [0.05, 0.1) is 56.0 Å². The van der Waals surface area contributed by atoms with Crippen LogP contribution < -0.4 is 5.32 Å². The van der Waals surface area contributed by atoms with Crippen molar-refractivity contribution in [3.63, 3.8) is 0 Å². The summed E-state index contributed by atoms with van der Waals surface area (Å²) >= 11 is 15.5. The fourth-order valence-electron chi connectivity index (χ4n) is 4.98. The minimum absolute atomic E-state index is 0.269. The Labute approximate surface area is 231 Å². The molecule has 0 bridgehead atoms. The Kier molecular flexibility index (Phi) is 7.51. The van der Waals surface area contributed by atoms with Gasteiger partial charge in [0.25, 0.3) is 0 Å². The van der Waals surface area contributed by atoms with Crippen LogP contribution in [0.25, 0.3) is 22.1 Å². The predicted octanol–water partition coefficient (Wildman–Crippen LogP) is 5.06. The van der Waals surface area contributed by atoms with E-state index >= 15 is 0 Å². The van der Waals surface area contributed by atoms with Crippen molar-refractivity contribution in [2.45, 2.75) is 37.4 Å². The van der Waals surface area contributed by atoms with Crippen LogP contribution in [0.4, 0.5) is 5.69 Å². The third-order valence-electron chi connectivity index (χ3n) is 6.79. The van der Waals surface area contributed by atoms with Gasteiger partial charge >= 0.3 is 0 Å². The second-order valence-electron chi connectivity index (χ2n) is 9.30. The molecular weight excluding hydrogens is 585 g/mol. The van der Waals surface area contributed by atoms with Crippen molar-refractivity contribution in [3.8, 4) is 0 Å². The van der Waals surface area contributed by atoms with Gasteiger partial charge in [0.2, 0.25) is 0 Å². The predicted molar refractivity (Wildman–Crippen MR) is 145 cm³/mol. The van der Waals surface area contributed by atoms with Crippen LogP contribution in [0.3, 0.4) is 0 Å². The Balaban J connectivity index is 0.000000141. The van der Waals surface area contributed by atoms with Crippen molar-refractivity contribution in [3.05, 3.63) is 39.3 Å². The number of ether oxygens (including phenoxy) is 3. The summed E-state index contributed by atoms with van der Waals surface area (Å²) in [5.41, 5.74) is 4.59. The normalized spacial score (nSPS) is 23.6. The number of nitrogens with zero attached hydrogens (tertiary/aromatic N) is 6. The first-order valence-corrected chi connectivity index (χ1v) is 13.8. The zero-order chi connectivity index (χ0) is 25.4. The highest BCUT2D eigenvalue weighted by Gasteiger charge is 2.24. The zero-order valence-corrected chi connectivity index (χ0v) is 23.0. The summed E-state index contributed by atoms with van der Waals surface area (Å²) in [5.74, 6) is 0. The lowest BCUT2D eigenvalue weighted by Gasteiger charge is -2.17. The highest BCUT2D eigenvalue weighted by molar-refractivity contribution is 9.10. The van der Waals surface area contributed by atoms with Gasteiger partial charge in [-0.3, -0.25) is 9.36 Å². The van der Waals surface area contributed by atoms with E-state index in [0.717, 1.165) is 77.9 Å². The fourth-order valence-corrected chi connectivity index (χ4v) is 6.11. The van der Waals surface area contributed by atoms with E-state index in [-0.39, 0.29) is 6.04 Å². The van der Waals surface area contributed by atoms with Gasteiger partial charge in [0.15, 0.2) is 0 Å². The van der Waals surface area contributed by atoms with Gasteiger partial charge in [-0.1, -0.05) is 23.2 Å². The fraction of sp³-hybridized carbons (Fsp3) is 0.500. The van der Waals surface area contributed by atoms with Crippen LogP contribution in [-0.2, 0) is 14.2 Å². The average molecular weight is 611 g/mol. The maximum atomic E-state index is 6.13. The Morgan fingerprint density at radius 2 is 1.35 bits per heavy atom. The number of pyridine rings is 2. The SMILES string of the molecule is Clc1cc(Br)c2c(cnn2C2CCOC2)n1.Clc1cc(NC2CCOC2)c2c(cnn2C2CCOC2)n1. The monoisotopic (exact) mass is 609 g/mol. The topological polar surface area (TPSA) is 101 Å². The first-order chi connectivity index (χ1) is 18.1. The van der Waals surface area contributed by atoms with Crippen molar-refractivity contribution in [1.82, 2.24) is 29.5 Å². The van der Waals surface area contributed by atoms with Crippen molar-refractivity contribution in [2.24, 2.45) is 0 Å². The highest BCUT2D eigenvalue weighted by atomic mass is 79.9. The molecule has 3 fully saturated rings. The molecule has 37 heavy (non-hydrogen) atoms. The third kappa shape index (κ3) is 5.30. The highest BCUT2D eigenvalue weighted by Crippen LogP contribution is 2.32. The van der Waals surface area contributed by atoms with Gasteiger partial charge in [-0.25, -0.2) is 9.97 Å². The molecule has 3 aliphatic rings. The zero-order valence-electron chi connectivity index (χ0n) is 19.9. The summed E-state index contributed by atoms with van der Waals surface area (Å²) in [4.78, 5) is 8.61. The van der Waals surface area contributed by atoms with Crippen LogP contribution in [0.2, 0.25) is 10.3 Å². The second kappa shape index (κ2) is 11.0. The van der Waals surface area contributed by atoms with Gasteiger partial charge < -0.3 is 19.5 Å². The van der Waals surface area contributed by atoms with Gasteiger partial charge in [-0.15, -0.1) is 0 Å². The molecule has 3 aliphatic heterocycles. The van der Waals surface area contributed by atoms with Crippen LogP contribution in [-0.4, -0.2) is 75.2 Å². The molecule has 3 saturated heterocycles. The van der Waals surface area contributed by atoms with E-state index in [2.05, 4.69) is 41.4 Å². The Bertz CT molecular complexity index is 1400. The summed E-state index contributed by atoms with van der Waals surface area (Å²) in [5, 5.41) is 13.3. The van der Waals surface area contributed by atoms with Crippen molar-refractivity contribution in [2.75, 3.05) is 45.0 Å². The van der Waals surface area contributed by atoms with E-state index in [4.69, 9.17) is 37.4 Å². The van der Waals surface area contributed by atoms with E-state index in [9.17, 15) is 0 Å². The number of anilines is 1. The minimum atomic E-state index is 0.269. The lowest BCUT2D eigenvalue weighted by molar-refractivity contribution is 0.185. The number of halogens is 3. The number of fused-ring (bicyclic) bond motifs is 2. The molecule has 10 nitrogen and oxygen atoms in total. The van der Waals surface area contributed by atoms with Gasteiger partial charge in [-0.05, 0) is 41.3 Å². The molecule has 1 N–H and O–H groups in total. The van der Waals surface area contributed by atoms with Crippen LogP contribution in [0.1, 0.15) is 31.3 Å². The Morgan fingerprint density at radius 3 is 1.95 bits per heavy atom. The van der Waals surface area contributed by atoms with Crippen molar-refractivity contribution in [1.29, 1.82) is 0 Å². The first kappa shape index (κ1) is 25.3. The number of hydrogen-bond donors (Lipinski definition) is 1. The molecule has 3 unspecified atom stereocenters. The molecule has 4 aromatic heterocycles. The standard InChI is InChI=1S/C14H17ClN4O2.C10H9BrClN3O/c15-13-5-11(17-9-1-3-20-7-9)14-12(18-13)6-16-19(14)10-2-4-21-8-10;11-7-3-9(12)14-8-4-13-15(10(7)8)6-1-2-16-5-6/h5-6,9-10H,1-4,7-8H2,(H,17,18);3-4,6H,1-2,5H2. The van der Waals surface area contributed by atoms with E-state index < -0.39 is 0 Å². The quantitative estimate of drug-likeness (QED) is 0.320. The van der Waals surface area contributed by atoms with E-state index in [1.165, 1.54) is 0 Å². The minimum Gasteiger partial charge on any atom is -0.379 e. The number of aromatic nitrogens is 6. The molecule has 7 heterocycles. The summed E-state index contributed by atoms with van der Waals surface area (Å²) in [7, 11) is 0. The van der Waals surface area contributed by atoms with Gasteiger partial charge in [0.1, 0.15) is 32.4 Å². The van der Waals surface area contributed by atoms with E-state index in [0.29, 0.717) is 35.6 Å². The second-order valence-corrected chi connectivity index (χ2v) is 10.9. The molecule has 13 heteroatoms. The first-order valence-electron chi connectivity index (χ1n) is 12.3. The maximum absolute atomic E-state index is 6.13. The molecule has 4 aromatic rings. The maximum Gasteiger partial charge on any atom is 0.132 e. The average Bonchev–Trinajstić information content (AvgIpc) is 3.69. The molecule has 7 rings (SSSR count). The van der Waals surface area contributed by atoms with E-state index in [1.807, 2.05) is 15.4 Å². The van der Waals surface area contributed by atoms with Crippen LogP contribution >= 0.6 is 39.1 Å². The van der Waals surface area contributed by atoms with E-state index in [1.54, 1.807) is 18.5 Å². The largest absolute Gasteiger partial charge is 0.379 e. The molecule has 0 radical (unpaired) electrons. The third-order valence-corrected chi connectivity index (χ3v) is 7.78. The summed E-state index contributed by atoms with van der Waals surface area (Å²) in [6.07, 6.45) is 6.49. The molecule has 0 amide bonds. The van der Waals surface area contributed by atoms with Crippen molar-refractivity contribution < 1.29 is 14.2 Å². The smallest absolute Gasteiger partial charge is 0.132 e. The van der Waals surface area contributed by atoms with Gasteiger partial charge in [-0.2, -0.15) is 10.2 Å². The summed E-state index contributed by atoms with van der Waals surface area (Å²) in [6, 6.07) is 4.55. The van der Waals surface area contributed by atoms with Crippen LogP contribution in [0.15, 0.2) is 29.0 Å². The Hall–Kier alpha value is -2.02. The Morgan fingerprint density at radius 1 is 0.784 bits per heavy atom. The molecule has 0 aromatic carbocycles. The van der Waals surface area contributed by atoms with Crippen LogP contribution in [0.5, 0.6) is 0 Å². The number of nitrogens with one attached hydrogen (secondary N) is 1. The number of hydrogen-bond acceptors (Lipinski definition) is 8. The number of rotatable bonds is 4. The molecule has 0 spiro atoms. The molecule has 3 atom stereocenters. The summed E-state index contributed by atoms with van der Waals surface area (Å²) in [6.45, 7) is 4.52. The molecule has 0 saturated carbocycles. The molecular formula is C24H26BrCl2N7O3. The lowest BCUT2D eigenvalue weighted by atomic mass is 10.2. The summed E-state index contributed by atoms with van der Waals surface area (Å²) < 4.78 is 21.2. The van der Waals surface area contributed by atoms with Crippen molar-refractivity contribution >= 4 is 66.9 Å². The van der Waals surface area contributed by atoms with Gasteiger partial charge in [0, 0.05) is 30.4 Å². The lowest BCUT2D eigenvalue weighted by Crippen LogP contribution is -2.20. The van der Waals surface area contributed by atoms with Crippen LogP contribution in [0, 0.1) is 0 Å². The molecule has 196 valence electrons. The molecule has 0 aliphatic carbocycles.